The van der Waals surface area contributed by atoms with Crippen molar-refractivity contribution in [3.05, 3.63) is 36.0 Å². The van der Waals surface area contributed by atoms with Gasteiger partial charge < -0.3 is 29.4 Å². The Bertz CT molecular complexity index is 801. The minimum absolute atomic E-state index is 0.174. The molecule has 2 aliphatic heterocycles. The molecule has 2 aliphatic rings. The van der Waals surface area contributed by atoms with Crippen molar-refractivity contribution in [2.75, 3.05) is 6.61 Å². The number of benzene rings is 1. The lowest BCUT2D eigenvalue weighted by Gasteiger charge is -2.31. The van der Waals surface area contributed by atoms with Crippen LogP contribution in [0.1, 0.15) is 5.56 Å². The van der Waals surface area contributed by atoms with Crippen LogP contribution in [-0.4, -0.2) is 56.1 Å². The van der Waals surface area contributed by atoms with E-state index in [2.05, 4.69) is 0 Å². The van der Waals surface area contributed by atoms with Crippen molar-refractivity contribution in [2.24, 2.45) is 7.05 Å². The largest absolute Gasteiger partial charge is 0.451 e. The fourth-order valence-corrected chi connectivity index (χ4v) is 3.56. The zero-order chi connectivity index (χ0) is 16.4. The molecule has 0 amide bonds. The Morgan fingerprint density at radius 3 is 2.87 bits per heavy atom. The van der Waals surface area contributed by atoms with E-state index in [4.69, 9.17) is 9.47 Å². The molecule has 4 rings (SSSR count). The quantitative estimate of drug-likeness (QED) is 0.643. The van der Waals surface area contributed by atoms with Crippen LogP contribution >= 0.6 is 0 Å². The second-order valence-electron chi connectivity index (χ2n) is 6.22. The number of aryl methyl sites for hydroxylation is 1. The number of aliphatic hydroxyl groups is 3. The van der Waals surface area contributed by atoms with Gasteiger partial charge in [-0.2, -0.15) is 0 Å². The van der Waals surface area contributed by atoms with Crippen LogP contribution in [0.15, 0.2) is 30.5 Å². The minimum atomic E-state index is -2.26. The van der Waals surface area contributed by atoms with Gasteiger partial charge in [-0.3, -0.25) is 0 Å². The van der Waals surface area contributed by atoms with Gasteiger partial charge in [0.1, 0.15) is 6.10 Å². The van der Waals surface area contributed by atoms with E-state index in [-0.39, 0.29) is 13.0 Å². The molecule has 2 saturated heterocycles. The maximum Gasteiger partial charge on any atom is 0.344 e. The summed E-state index contributed by atoms with van der Waals surface area (Å²) >= 11 is 0. The molecule has 0 spiro atoms. The topological polar surface area (TPSA) is 101 Å². The van der Waals surface area contributed by atoms with E-state index in [1.807, 2.05) is 35.9 Å². The lowest BCUT2D eigenvalue weighted by Crippen LogP contribution is -2.59. The molecule has 0 bridgehead atoms. The predicted octanol–water partition coefficient (Wildman–Crippen LogP) is -0.543. The molecule has 0 saturated carbocycles. The van der Waals surface area contributed by atoms with Gasteiger partial charge in [0.25, 0.3) is 0 Å². The third kappa shape index (κ3) is 1.76. The molecule has 1 aromatic heterocycles. The first-order chi connectivity index (χ1) is 10.9. The molecular formula is C16H17NO6. The van der Waals surface area contributed by atoms with Gasteiger partial charge in [-0.15, -0.1) is 0 Å². The van der Waals surface area contributed by atoms with Gasteiger partial charge in [0.2, 0.25) is 11.4 Å². The first-order valence-corrected chi connectivity index (χ1v) is 7.37. The van der Waals surface area contributed by atoms with E-state index < -0.39 is 29.6 Å². The molecule has 3 N–H and O–H groups in total. The van der Waals surface area contributed by atoms with Crippen molar-refractivity contribution in [3.63, 3.8) is 0 Å². The van der Waals surface area contributed by atoms with E-state index >= 15 is 0 Å². The van der Waals surface area contributed by atoms with Crippen molar-refractivity contribution in [2.45, 2.75) is 30.0 Å². The van der Waals surface area contributed by atoms with Crippen molar-refractivity contribution < 1.29 is 29.6 Å². The number of aliphatic hydroxyl groups excluding tert-OH is 1. The van der Waals surface area contributed by atoms with Crippen LogP contribution in [0.2, 0.25) is 0 Å². The van der Waals surface area contributed by atoms with Gasteiger partial charge in [-0.25, -0.2) is 4.79 Å². The predicted molar refractivity (Wildman–Crippen MR) is 78.4 cm³/mol. The van der Waals surface area contributed by atoms with Crippen LogP contribution in [0.3, 0.4) is 0 Å². The number of nitrogens with zero attached hydrogens (tertiary/aromatic N) is 1. The number of fused-ring (bicyclic) bond motifs is 2. The first kappa shape index (κ1) is 14.6. The number of ether oxygens (including phenoxy) is 2. The Labute approximate surface area is 131 Å². The van der Waals surface area contributed by atoms with Gasteiger partial charge in [0, 0.05) is 30.6 Å². The molecule has 7 nitrogen and oxygen atoms in total. The van der Waals surface area contributed by atoms with E-state index in [1.165, 1.54) is 0 Å². The molecule has 4 atom stereocenters. The summed E-state index contributed by atoms with van der Waals surface area (Å²) in [5, 5.41) is 32.1. The number of hydrogen-bond donors (Lipinski definition) is 3. The first-order valence-electron chi connectivity index (χ1n) is 7.37. The monoisotopic (exact) mass is 319 g/mol. The average molecular weight is 319 g/mol. The minimum Gasteiger partial charge on any atom is -0.451 e. The maximum atomic E-state index is 12.2. The van der Waals surface area contributed by atoms with Crippen molar-refractivity contribution in [1.82, 2.24) is 4.57 Å². The van der Waals surface area contributed by atoms with Gasteiger partial charge >= 0.3 is 5.97 Å². The second kappa shape index (κ2) is 4.55. The Morgan fingerprint density at radius 2 is 2.09 bits per heavy atom. The summed E-state index contributed by atoms with van der Waals surface area (Å²) in [5.41, 5.74) is -0.644. The molecule has 1 aromatic carbocycles. The summed E-state index contributed by atoms with van der Waals surface area (Å²) in [5.74, 6) is -3.24. The molecule has 2 fully saturated rings. The van der Waals surface area contributed by atoms with Crippen LogP contribution in [0, 0.1) is 0 Å². The van der Waals surface area contributed by atoms with E-state index in [1.54, 1.807) is 6.20 Å². The Morgan fingerprint density at radius 1 is 1.35 bits per heavy atom. The maximum absolute atomic E-state index is 12.2. The number of carbonyl (C=O) groups excluding carboxylic acids is 1. The highest BCUT2D eigenvalue weighted by atomic mass is 16.7. The van der Waals surface area contributed by atoms with Gasteiger partial charge in [0.05, 0.1) is 6.61 Å². The van der Waals surface area contributed by atoms with Crippen LogP contribution in [0.5, 0.6) is 0 Å². The number of para-hydroxylation sites is 1. The van der Waals surface area contributed by atoms with Crippen molar-refractivity contribution in [3.8, 4) is 0 Å². The zero-order valence-electron chi connectivity index (χ0n) is 12.5. The molecule has 7 heteroatoms. The molecule has 23 heavy (non-hydrogen) atoms. The lowest BCUT2D eigenvalue weighted by molar-refractivity contribution is -0.262. The lowest BCUT2D eigenvalue weighted by atomic mass is 9.85. The van der Waals surface area contributed by atoms with Gasteiger partial charge in [-0.1, -0.05) is 18.2 Å². The summed E-state index contributed by atoms with van der Waals surface area (Å²) in [6.45, 7) is -0.202. The van der Waals surface area contributed by atoms with E-state index in [0.29, 0.717) is 5.56 Å². The molecule has 3 heterocycles. The summed E-state index contributed by atoms with van der Waals surface area (Å²) in [6.07, 6.45) is -0.828. The number of hydrogen-bond acceptors (Lipinski definition) is 6. The number of carbonyl (C=O) groups is 1. The van der Waals surface area contributed by atoms with Crippen molar-refractivity contribution in [1.29, 1.82) is 0 Å². The Kier molecular flexibility index (Phi) is 2.90. The smallest absolute Gasteiger partial charge is 0.344 e. The number of aromatic nitrogens is 1. The van der Waals surface area contributed by atoms with Crippen LogP contribution in [0.25, 0.3) is 10.9 Å². The van der Waals surface area contributed by atoms with Crippen LogP contribution in [-0.2, 0) is 27.7 Å². The highest BCUT2D eigenvalue weighted by Crippen LogP contribution is 2.45. The number of esters is 1. The second-order valence-corrected chi connectivity index (χ2v) is 6.22. The summed E-state index contributed by atoms with van der Waals surface area (Å²) in [6, 6.07) is 7.55. The van der Waals surface area contributed by atoms with Gasteiger partial charge in [0.15, 0.2) is 6.10 Å². The van der Waals surface area contributed by atoms with Crippen molar-refractivity contribution >= 4 is 16.9 Å². The molecule has 0 aliphatic carbocycles. The Balaban J connectivity index is 1.79. The molecule has 2 aromatic rings. The molecule has 0 radical (unpaired) electrons. The summed E-state index contributed by atoms with van der Waals surface area (Å²) in [7, 11) is 1.86. The fraction of sp³-hybridized carbons (Fsp3) is 0.438. The molecular weight excluding hydrogens is 302 g/mol. The normalized spacial score (nSPS) is 36.4. The SMILES string of the molecule is Cn1cc(C[C@@]2(O)C(=O)OC3[C@@H](O)CO[C@@]32O)c2ccccc21. The third-order valence-corrected chi connectivity index (χ3v) is 4.80. The zero-order valence-corrected chi connectivity index (χ0v) is 12.5. The van der Waals surface area contributed by atoms with E-state index in [0.717, 1.165) is 10.9 Å². The van der Waals surface area contributed by atoms with Gasteiger partial charge in [-0.05, 0) is 11.6 Å². The Hall–Kier alpha value is -1.93. The van der Waals surface area contributed by atoms with Crippen LogP contribution < -0.4 is 0 Å². The standard InChI is InChI=1S/C16H17NO6/c1-17-7-9(10-4-2-3-5-11(10)17)6-15(20)14(19)23-13-12(18)8-22-16(13,15)21/h2-5,7,12-13,18,20-21H,6,8H2,1H3/t12-,13?,15+,16-/m0/s1. The highest BCUT2D eigenvalue weighted by Gasteiger charge is 2.73. The fourth-order valence-electron chi connectivity index (χ4n) is 3.56. The molecule has 1 unspecified atom stereocenters. The van der Waals surface area contributed by atoms with Crippen LogP contribution in [0.4, 0.5) is 0 Å². The average Bonchev–Trinajstić information content (AvgIpc) is 3.06. The summed E-state index contributed by atoms with van der Waals surface area (Å²) in [4.78, 5) is 12.2. The third-order valence-electron chi connectivity index (χ3n) is 4.80. The summed E-state index contributed by atoms with van der Waals surface area (Å²) < 4.78 is 12.0. The van der Waals surface area contributed by atoms with E-state index in [9.17, 15) is 20.1 Å². The highest BCUT2D eigenvalue weighted by molar-refractivity contribution is 5.88. The molecule has 122 valence electrons. The number of rotatable bonds is 2.